The SMILES string of the molecule is Cc1cc(/C(O)=C2/C(=O)C(=O)N(c3ccc(Br)cc3)C2c2ccccc2)ccc1OCC(C)C. The molecule has 1 unspecified atom stereocenters. The summed E-state index contributed by atoms with van der Waals surface area (Å²) in [5, 5.41) is 11.3. The zero-order valence-electron chi connectivity index (χ0n) is 19.3. The summed E-state index contributed by atoms with van der Waals surface area (Å²) in [4.78, 5) is 27.9. The molecule has 3 aromatic rings. The largest absolute Gasteiger partial charge is 0.507 e. The molecule has 1 aliphatic heterocycles. The number of hydrogen-bond acceptors (Lipinski definition) is 4. The van der Waals surface area contributed by atoms with Gasteiger partial charge in [-0.3, -0.25) is 14.5 Å². The molecular formula is C28H26BrNO4. The lowest BCUT2D eigenvalue weighted by atomic mass is 9.94. The van der Waals surface area contributed by atoms with Gasteiger partial charge in [0.05, 0.1) is 18.2 Å². The molecule has 1 aliphatic rings. The minimum absolute atomic E-state index is 0.0642. The van der Waals surface area contributed by atoms with E-state index >= 15 is 0 Å². The monoisotopic (exact) mass is 519 g/mol. The molecule has 1 amide bonds. The summed E-state index contributed by atoms with van der Waals surface area (Å²) in [6, 6.07) is 21.0. The summed E-state index contributed by atoms with van der Waals surface area (Å²) < 4.78 is 6.70. The van der Waals surface area contributed by atoms with Crippen molar-refractivity contribution in [2.24, 2.45) is 5.92 Å². The van der Waals surface area contributed by atoms with Crippen molar-refractivity contribution in [3.63, 3.8) is 0 Å². The van der Waals surface area contributed by atoms with Gasteiger partial charge in [-0.15, -0.1) is 0 Å². The number of ketones is 1. The number of hydrogen-bond donors (Lipinski definition) is 1. The van der Waals surface area contributed by atoms with E-state index in [1.54, 1.807) is 30.3 Å². The highest BCUT2D eigenvalue weighted by Gasteiger charge is 2.46. The van der Waals surface area contributed by atoms with Crippen LogP contribution in [-0.2, 0) is 9.59 Å². The predicted octanol–water partition coefficient (Wildman–Crippen LogP) is 6.42. The topological polar surface area (TPSA) is 66.8 Å². The van der Waals surface area contributed by atoms with E-state index in [4.69, 9.17) is 4.74 Å². The van der Waals surface area contributed by atoms with E-state index in [-0.39, 0.29) is 11.3 Å². The van der Waals surface area contributed by atoms with Crippen molar-refractivity contribution in [2.75, 3.05) is 11.5 Å². The van der Waals surface area contributed by atoms with Gasteiger partial charge in [-0.2, -0.15) is 0 Å². The van der Waals surface area contributed by atoms with E-state index < -0.39 is 17.7 Å². The zero-order chi connectivity index (χ0) is 24.4. The molecule has 5 nitrogen and oxygen atoms in total. The van der Waals surface area contributed by atoms with Gasteiger partial charge in [-0.05, 0) is 66.4 Å². The Hall–Kier alpha value is -3.38. The predicted molar refractivity (Wildman–Crippen MR) is 137 cm³/mol. The smallest absolute Gasteiger partial charge is 0.300 e. The third-order valence-corrected chi connectivity index (χ3v) is 6.21. The van der Waals surface area contributed by atoms with Crippen molar-refractivity contribution in [1.82, 2.24) is 0 Å². The Labute approximate surface area is 207 Å². The Morgan fingerprint density at radius 1 is 1.03 bits per heavy atom. The molecule has 6 heteroatoms. The van der Waals surface area contributed by atoms with Gasteiger partial charge in [0.25, 0.3) is 11.7 Å². The second-order valence-corrected chi connectivity index (χ2v) is 9.66. The molecule has 1 heterocycles. The van der Waals surface area contributed by atoms with Crippen LogP contribution in [0.25, 0.3) is 5.76 Å². The molecule has 0 bridgehead atoms. The highest BCUT2D eigenvalue weighted by atomic mass is 79.9. The van der Waals surface area contributed by atoms with Crippen LogP contribution in [-0.4, -0.2) is 23.4 Å². The van der Waals surface area contributed by atoms with Crippen LogP contribution < -0.4 is 9.64 Å². The first-order valence-corrected chi connectivity index (χ1v) is 11.9. The third-order valence-electron chi connectivity index (χ3n) is 5.69. The lowest BCUT2D eigenvalue weighted by Crippen LogP contribution is -2.29. The molecule has 0 saturated carbocycles. The van der Waals surface area contributed by atoms with Gasteiger partial charge in [-0.25, -0.2) is 0 Å². The zero-order valence-corrected chi connectivity index (χ0v) is 20.9. The molecule has 0 spiro atoms. The number of Topliss-reactive ketones (excluding diaryl/α,β-unsaturated/α-hetero) is 1. The third kappa shape index (κ3) is 4.64. The van der Waals surface area contributed by atoms with Crippen LogP contribution in [0, 0.1) is 12.8 Å². The van der Waals surface area contributed by atoms with Crippen molar-refractivity contribution < 1.29 is 19.4 Å². The lowest BCUT2D eigenvalue weighted by Gasteiger charge is -2.25. The van der Waals surface area contributed by atoms with Crippen molar-refractivity contribution >= 4 is 39.1 Å². The van der Waals surface area contributed by atoms with Crippen LogP contribution in [0.4, 0.5) is 5.69 Å². The minimum Gasteiger partial charge on any atom is -0.507 e. The quantitative estimate of drug-likeness (QED) is 0.232. The molecule has 34 heavy (non-hydrogen) atoms. The summed E-state index contributed by atoms with van der Waals surface area (Å²) in [6.07, 6.45) is 0. The van der Waals surface area contributed by atoms with E-state index in [0.717, 1.165) is 21.3 Å². The van der Waals surface area contributed by atoms with Crippen molar-refractivity contribution in [3.05, 3.63) is 99.5 Å². The van der Waals surface area contributed by atoms with Crippen LogP contribution in [0.3, 0.4) is 0 Å². The first kappa shape index (κ1) is 23.8. The van der Waals surface area contributed by atoms with E-state index in [2.05, 4.69) is 29.8 Å². The standard InChI is InChI=1S/C28H26BrNO4/c1-17(2)16-34-23-14-9-20(15-18(23)3)26(31)24-25(19-7-5-4-6-8-19)30(28(33)27(24)32)22-12-10-21(29)11-13-22/h4-15,17,25,31H,16H2,1-3H3/b26-24-. The summed E-state index contributed by atoms with van der Waals surface area (Å²) in [6.45, 7) is 6.62. The Kier molecular flexibility index (Phi) is 6.89. The number of anilines is 1. The number of nitrogens with zero attached hydrogens (tertiary/aromatic N) is 1. The van der Waals surface area contributed by atoms with Crippen LogP contribution in [0.1, 0.15) is 36.6 Å². The molecule has 0 aliphatic carbocycles. The number of rotatable bonds is 6. The summed E-state index contributed by atoms with van der Waals surface area (Å²) in [7, 11) is 0. The fourth-order valence-corrected chi connectivity index (χ4v) is 4.29. The van der Waals surface area contributed by atoms with Crippen molar-refractivity contribution in [3.8, 4) is 5.75 Å². The Balaban J connectivity index is 1.83. The van der Waals surface area contributed by atoms with E-state index in [1.165, 1.54) is 4.90 Å². The fraction of sp³-hybridized carbons (Fsp3) is 0.214. The van der Waals surface area contributed by atoms with Crippen molar-refractivity contribution in [1.29, 1.82) is 0 Å². The second kappa shape index (κ2) is 9.85. The highest BCUT2D eigenvalue weighted by molar-refractivity contribution is 9.10. The van der Waals surface area contributed by atoms with Gasteiger partial charge in [0, 0.05) is 15.7 Å². The number of carbonyl (C=O) groups excluding carboxylic acids is 2. The molecular weight excluding hydrogens is 494 g/mol. The normalized spacial score (nSPS) is 17.4. The van der Waals surface area contributed by atoms with Crippen molar-refractivity contribution in [2.45, 2.75) is 26.8 Å². The minimum atomic E-state index is -0.750. The number of halogens is 1. The summed E-state index contributed by atoms with van der Waals surface area (Å²) in [5.41, 5.74) is 2.67. The Morgan fingerprint density at radius 2 is 1.71 bits per heavy atom. The maximum Gasteiger partial charge on any atom is 0.300 e. The molecule has 0 aromatic heterocycles. The van der Waals surface area contributed by atoms with Crippen LogP contribution >= 0.6 is 15.9 Å². The van der Waals surface area contributed by atoms with Gasteiger partial charge in [-0.1, -0.05) is 60.1 Å². The number of aryl methyl sites for hydroxylation is 1. The first-order chi connectivity index (χ1) is 16.3. The number of aliphatic hydroxyl groups is 1. The molecule has 0 radical (unpaired) electrons. The summed E-state index contributed by atoms with van der Waals surface area (Å²) in [5.74, 6) is -0.489. The Bertz CT molecular complexity index is 1250. The number of amides is 1. The number of ether oxygens (including phenoxy) is 1. The average Bonchev–Trinajstić information content (AvgIpc) is 3.09. The summed E-state index contributed by atoms with van der Waals surface area (Å²) >= 11 is 3.41. The maximum atomic E-state index is 13.2. The second-order valence-electron chi connectivity index (χ2n) is 8.74. The van der Waals surface area contributed by atoms with Gasteiger partial charge in [0.2, 0.25) is 0 Å². The molecule has 1 N–H and O–H groups in total. The number of benzene rings is 3. The van der Waals surface area contributed by atoms with Crippen LogP contribution in [0.5, 0.6) is 5.75 Å². The average molecular weight is 520 g/mol. The molecule has 1 atom stereocenters. The van der Waals surface area contributed by atoms with Gasteiger partial charge >= 0.3 is 0 Å². The number of aliphatic hydroxyl groups excluding tert-OH is 1. The molecule has 1 saturated heterocycles. The molecule has 174 valence electrons. The van der Waals surface area contributed by atoms with Crippen LogP contribution in [0.2, 0.25) is 0 Å². The van der Waals surface area contributed by atoms with Gasteiger partial charge in [0.1, 0.15) is 11.5 Å². The highest BCUT2D eigenvalue weighted by Crippen LogP contribution is 2.42. The fourth-order valence-electron chi connectivity index (χ4n) is 4.02. The molecule has 1 fully saturated rings. The van der Waals surface area contributed by atoms with Gasteiger partial charge < -0.3 is 9.84 Å². The molecule has 4 rings (SSSR count). The van der Waals surface area contributed by atoms with Gasteiger partial charge in [0.15, 0.2) is 0 Å². The lowest BCUT2D eigenvalue weighted by molar-refractivity contribution is -0.132. The van der Waals surface area contributed by atoms with E-state index in [0.29, 0.717) is 23.8 Å². The van der Waals surface area contributed by atoms with E-state index in [1.807, 2.05) is 49.4 Å². The molecule has 3 aromatic carbocycles. The van der Waals surface area contributed by atoms with E-state index in [9.17, 15) is 14.7 Å². The maximum absolute atomic E-state index is 13.2. The van der Waals surface area contributed by atoms with Crippen LogP contribution in [0.15, 0.2) is 82.8 Å². The first-order valence-electron chi connectivity index (χ1n) is 11.1. The number of carbonyl (C=O) groups is 2. The Morgan fingerprint density at radius 3 is 2.32 bits per heavy atom.